The minimum Gasteiger partial charge on any atom is -0.373 e. The van der Waals surface area contributed by atoms with Gasteiger partial charge in [-0.1, -0.05) is 12.5 Å². The number of morpholine rings is 1. The molecule has 3 rings (SSSR count). The number of nitrogens with one attached hydrogen (secondary N) is 1. The SMILES string of the molecule is C[C@@H]1CN(S(=O)(=O)c2cccc(C(=O)NCCCN3CCCC[C@H]3C)c2)C[C@@H](C)O1. The molecular weight excluding hydrogens is 402 g/mol. The van der Waals surface area contributed by atoms with Crippen molar-refractivity contribution in [1.82, 2.24) is 14.5 Å². The van der Waals surface area contributed by atoms with E-state index >= 15 is 0 Å². The van der Waals surface area contributed by atoms with E-state index in [0.29, 0.717) is 31.2 Å². The van der Waals surface area contributed by atoms with Crippen LogP contribution in [0.2, 0.25) is 0 Å². The Hall–Kier alpha value is -1.48. The molecule has 1 N–H and O–H groups in total. The average molecular weight is 438 g/mol. The molecule has 1 amide bonds. The second-order valence-corrected chi connectivity index (χ2v) is 10.5. The Kier molecular flexibility index (Phi) is 7.90. The first-order valence-corrected chi connectivity index (χ1v) is 12.5. The van der Waals surface area contributed by atoms with Crippen molar-refractivity contribution in [3.05, 3.63) is 29.8 Å². The van der Waals surface area contributed by atoms with Crippen LogP contribution in [0.5, 0.6) is 0 Å². The van der Waals surface area contributed by atoms with Gasteiger partial charge < -0.3 is 15.0 Å². The van der Waals surface area contributed by atoms with Gasteiger partial charge in [0.1, 0.15) is 0 Å². The van der Waals surface area contributed by atoms with E-state index in [4.69, 9.17) is 4.74 Å². The number of sulfonamides is 1. The Bertz CT molecular complexity index is 819. The van der Waals surface area contributed by atoms with Crippen LogP contribution in [-0.2, 0) is 14.8 Å². The maximum atomic E-state index is 13.1. The number of carbonyl (C=O) groups excluding carboxylic acids is 1. The van der Waals surface area contributed by atoms with Crippen LogP contribution in [-0.4, -0.2) is 74.5 Å². The van der Waals surface area contributed by atoms with E-state index in [-0.39, 0.29) is 23.0 Å². The zero-order valence-corrected chi connectivity index (χ0v) is 19.2. The second kappa shape index (κ2) is 10.2. The van der Waals surface area contributed by atoms with E-state index in [0.717, 1.165) is 19.5 Å². The molecule has 8 heteroatoms. The number of rotatable bonds is 7. The third kappa shape index (κ3) is 5.81. The maximum Gasteiger partial charge on any atom is 0.251 e. The third-order valence-electron chi connectivity index (χ3n) is 5.97. The Morgan fingerprint density at radius 3 is 2.60 bits per heavy atom. The average Bonchev–Trinajstić information content (AvgIpc) is 2.71. The fourth-order valence-corrected chi connectivity index (χ4v) is 5.99. The van der Waals surface area contributed by atoms with Crippen LogP contribution in [0.1, 0.15) is 56.8 Å². The molecule has 2 aliphatic rings. The number of hydrogen-bond acceptors (Lipinski definition) is 5. The van der Waals surface area contributed by atoms with Gasteiger partial charge in [-0.05, 0) is 64.8 Å². The van der Waals surface area contributed by atoms with Gasteiger partial charge in [-0.15, -0.1) is 0 Å². The minimum atomic E-state index is -3.66. The first-order valence-electron chi connectivity index (χ1n) is 11.1. The highest BCUT2D eigenvalue weighted by molar-refractivity contribution is 7.89. The number of nitrogens with zero attached hydrogens (tertiary/aromatic N) is 2. The molecule has 0 spiro atoms. The van der Waals surface area contributed by atoms with Crippen LogP contribution in [0.4, 0.5) is 0 Å². The summed E-state index contributed by atoms with van der Waals surface area (Å²) in [6.07, 6.45) is 4.37. The molecule has 0 saturated carbocycles. The lowest BCUT2D eigenvalue weighted by atomic mass is 10.0. The van der Waals surface area contributed by atoms with Gasteiger partial charge in [0, 0.05) is 37.8 Å². The normalized spacial score (nSPS) is 26.4. The number of hydrogen-bond donors (Lipinski definition) is 1. The van der Waals surface area contributed by atoms with Gasteiger partial charge in [0.2, 0.25) is 10.0 Å². The molecule has 2 heterocycles. The van der Waals surface area contributed by atoms with Crippen LogP contribution < -0.4 is 5.32 Å². The van der Waals surface area contributed by atoms with Gasteiger partial charge in [0.25, 0.3) is 5.91 Å². The number of amides is 1. The highest BCUT2D eigenvalue weighted by atomic mass is 32.2. The van der Waals surface area contributed by atoms with E-state index in [2.05, 4.69) is 17.1 Å². The summed E-state index contributed by atoms with van der Waals surface area (Å²) in [4.78, 5) is 15.2. The first kappa shape index (κ1) is 23.2. The van der Waals surface area contributed by atoms with Gasteiger partial charge in [0.05, 0.1) is 17.1 Å². The number of piperidine rings is 1. The molecule has 2 saturated heterocycles. The molecule has 1 aromatic rings. The lowest BCUT2D eigenvalue weighted by Gasteiger charge is -2.34. The smallest absolute Gasteiger partial charge is 0.251 e. The van der Waals surface area contributed by atoms with E-state index in [1.165, 1.54) is 29.6 Å². The maximum absolute atomic E-state index is 13.1. The third-order valence-corrected chi connectivity index (χ3v) is 7.80. The fourth-order valence-electron chi connectivity index (χ4n) is 4.35. The zero-order chi connectivity index (χ0) is 21.7. The highest BCUT2D eigenvalue weighted by Crippen LogP contribution is 2.22. The second-order valence-electron chi connectivity index (χ2n) is 8.60. The van der Waals surface area contributed by atoms with Crippen molar-refractivity contribution in [3.63, 3.8) is 0 Å². The summed E-state index contributed by atoms with van der Waals surface area (Å²) in [5, 5.41) is 2.93. The van der Waals surface area contributed by atoms with Crippen LogP contribution in [0, 0.1) is 0 Å². The van der Waals surface area contributed by atoms with Crippen LogP contribution >= 0.6 is 0 Å². The van der Waals surface area contributed by atoms with Crippen molar-refractivity contribution in [3.8, 4) is 0 Å². The summed E-state index contributed by atoms with van der Waals surface area (Å²) in [5.74, 6) is -0.234. The van der Waals surface area contributed by atoms with Crippen LogP contribution in [0.15, 0.2) is 29.2 Å². The van der Waals surface area contributed by atoms with Crippen LogP contribution in [0.25, 0.3) is 0 Å². The molecule has 168 valence electrons. The van der Waals surface area contributed by atoms with E-state index in [1.54, 1.807) is 18.2 Å². The summed E-state index contributed by atoms with van der Waals surface area (Å²) in [5.41, 5.74) is 0.372. The van der Waals surface area contributed by atoms with E-state index in [1.807, 2.05) is 13.8 Å². The largest absolute Gasteiger partial charge is 0.373 e. The van der Waals surface area contributed by atoms with Crippen molar-refractivity contribution in [2.75, 3.05) is 32.7 Å². The van der Waals surface area contributed by atoms with Crippen molar-refractivity contribution in [2.24, 2.45) is 0 Å². The molecule has 0 unspecified atom stereocenters. The molecule has 0 aromatic heterocycles. The van der Waals surface area contributed by atoms with Crippen molar-refractivity contribution in [1.29, 1.82) is 0 Å². The van der Waals surface area contributed by atoms with Crippen molar-refractivity contribution in [2.45, 2.75) is 69.6 Å². The number of likely N-dealkylation sites (tertiary alicyclic amines) is 1. The van der Waals surface area contributed by atoms with E-state index < -0.39 is 10.0 Å². The van der Waals surface area contributed by atoms with Gasteiger partial charge in [-0.25, -0.2) is 8.42 Å². The predicted molar refractivity (Wildman–Crippen MR) is 117 cm³/mol. The van der Waals surface area contributed by atoms with Crippen molar-refractivity contribution >= 4 is 15.9 Å². The Balaban J connectivity index is 1.57. The Morgan fingerprint density at radius 2 is 1.90 bits per heavy atom. The molecule has 2 fully saturated rings. The summed E-state index contributed by atoms with van der Waals surface area (Å²) in [7, 11) is -3.66. The molecule has 0 radical (unpaired) electrons. The molecule has 0 aliphatic carbocycles. The molecule has 30 heavy (non-hydrogen) atoms. The quantitative estimate of drug-likeness (QED) is 0.663. The predicted octanol–water partition coefficient (Wildman–Crippen LogP) is 2.48. The molecule has 0 bridgehead atoms. The van der Waals surface area contributed by atoms with Gasteiger partial charge in [-0.2, -0.15) is 4.31 Å². The summed E-state index contributed by atoms with van der Waals surface area (Å²) >= 11 is 0. The summed E-state index contributed by atoms with van der Waals surface area (Å²) < 4.78 is 33.2. The molecule has 7 nitrogen and oxygen atoms in total. The topological polar surface area (TPSA) is 79.0 Å². The lowest BCUT2D eigenvalue weighted by Crippen LogP contribution is -2.48. The molecule has 2 aliphatic heterocycles. The van der Waals surface area contributed by atoms with E-state index in [9.17, 15) is 13.2 Å². The summed E-state index contributed by atoms with van der Waals surface area (Å²) in [6.45, 7) is 9.32. The monoisotopic (exact) mass is 437 g/mol. The minimum absolute atomic E-state index is 0.151. The number of ether oxygens (including phenoxy) is 1. The van der Waals surface area contributed by atoms with Crippen LogP contribution in [0.3, 0.4) is 0 Å². The standard InChI is InChI=1S/C22H35N3O4S/c1-17-8-4-5-12-24(17)13-7-11-23-22(26)20-9-6-10-21(14-20)30(27,28)25-15-18(2)29-19(3)16-25/h6,9-10,14,17-19H,4-5,7-8,11-13,15-16H2,1-3H3,(H,23,26)/t17-,18-,19-/m1/s1. The highest BCUT2D eigenvalue weighted by Gasteiger charge is 2.32. The molecule has 3 atom stereocenters. The number of benzene rings is 1. The Labute approximate surface area is 180 Å². The van der Waals surface area contributed by atoms with Gasteiger partial charge in [0.15, 0.2) is 0 Å². The lowest BCUT2D eigenvalue weighted by molar-refractivity contribution is -0.0440. The molecule has 1 aromatic carbocycles. The Morgan fingerprint density at radius 1 is 1.17 bits per heavy atom. The molecular formula is C22H35N3O4S. The fraction of sp³-hybridized carbons (Fsp3) is 0.682. The van der Waals surface area contributed by atoms with Gasteiger partial charge >= 0.3 is 0 Å². The van der Waals surface area contributed by atoms with Gasteiger partial charge in [-0.3, -0.25) is 4.79 Å². The number of carbonyl (C=O) groups is 1. The zero-order valence-electron chi connectivity index (χ0n) is 18.3. The summed E-state index contributed by atoms with van der Waals surface area (Å²) in [6, 6.07) is 6.93. The first-order chi connectivity index (χ1) is 14.3. The van der Waals surface area contributed by atoms with Crippen molar-refractivity contribution < 1.29 is 17.9 Å².